The minimum Gasteiger partial charge on any atom is -0.369 e. The summed E-state index contributed by atoms with van der Waals surface area (Å²) in [5.74, 6) is 0.0594. The molecule has 1 aliphatic rings. The van der Waals surface area contributed by atoms with Crippen molar-refractivity contribution in [3.8, 4) is 0 Å². The van der Waals surface area contributed by atoms with Gasteiger partial charge in [0.1, 0.15) is 0 Å². The molecule has 1 amide bonds. The maximum absolute atomic E-state index is 11.0. The van der Waals surface area contributed by atoms with Crippen LogP contribution < -0.4 is 5.73 Å². The lowest BCUT2D eigenvalue weighted by atomic mass is 9.98. The number of amides is 1. The van der Waals surface area contributed by atoms with Gasteiger partial charge in [-0.25, -0.2) is 0 Å². The fourth-order valence-electron chi connectivity index (χ4n) is 2.32. The molecular formula is C13H18N2O. The molecule has 0 radical (unpaired) electrons. The van der Waals surface area contributed by atoms with Crippen LogP contribution in [-0.4, -0.2) is 10.9 Å². The first-order valence-electron chi connectivity index (χ1n) is 5.93. The molecule has 0 bridgehead atoms. The van der Waals surface area contributed by atoms with Crippen LogP contribution in [0.2, 0.25) is 0 Å². The van der Waals surface area contributed by atoms with E-state index in [1.807, 2.05) is 12.3 Å². The standard InChI is InChI=1S/C13H18N2O/c1-9(13(14)16)12-7-6-11(8-15-12)10-4-2-3-5-10/h6-10H,2-5H2,1H3,(H2,14,16). The quantitative estimate of drug-likeness (QED) is 0.846. The van der Waals surface area contributed by atoms with Gasteiger partial charge in [0.25, 0.3) is 0 Å². The second-order valence-corrected chi connectivity index (χ2v) is 4.62. The molecule has 1 aromatic rings. The van der Waals surface area contributed by atoms with Crippen LogP contribution in [0.4, 0.5) is 0 Å². The summed E-state index contributed by atoms with van der Waals surface area (Å²) in [6, 6.07) is 4.03. The van der Waals surface area contributed by atoms with Crippen molar-refractivity contribution < 1.29 is 4.79 Å². The van der Waals surface area contributed by atoms with E-state index in [-0.39, 0.29) is 11.8 Å². The Hall–Kier alpha value is -1.38. The molecule has 86 valence electrons. The van der Waals surface area contributed by atoms with Gasteiger partial charge in [-0.2, -0.15) is 0 Å². The molecule has 1 unspecified atom stereocenters. The van der Waals surface area contributed by atoms with Gasteiger partial charge in [0.2, 0.25) is 5.91 Å². The molecule has 2 rings (SSSR count). The van der Waals surface area contributed by atoms with Crippen LogP contribution >= 0.6 is 0 Å². The average molecular weight is 218 g/mol. The van der Waals surface area contributed by atoms with Crippen molar-refractivity contribution >= 4 is 5.91 Å². The fourth-order valence-corrected chi connectivity index (χ4v) is 2.32. The highest BCUT2D eigenvalue weighted by Crippen LogP contribution is 2.33. The Bertz CT molecular complexity index is 366. The maximum atomic E-state index is 11.0. The normalized spacial score (nSPS) is 18.6. The summed E-state index contributed by atoms with van der Waals surface area (Å²) in [4.78, 5) is 15.4. The minimum absolute atomic E-state index is 0.294. The maximum Gasteiger partial charge on any atom is 0.226 e. The van der Waals surface area contributed by atoms with Crippen LogP contribution in [0.1, 0.15) is 55.7 Å². The summed E-state index contributed by atoms with van der Waals surface area (Å²) in [6.07, 6.45) is 7.10. The molecule has 3 heteroatoms. The smallest absolute Gasteiger partial charge is 0.226 e. The van der Waals surface area contributed by atoms with E-state index in [2.05, 4.69) is 11.1 Å². The third-order valence-corrected chi connectivity index (χ3v) is 3.51. The number of nitrogens with two attached hydrogens (primary N) is 1. The lowest BCUT2D eigenvalue weighted by Gasteiger charge is -2.11. The second-order valence-electron chi connectivity index (χ2n) is 4.62. The van der Waals surface area contributed by atoms with Gasteiger partial charge in [-0.1, -0.05) is 18.9 Å². The summed E-state index contributed by atoms with van der Waals surface area (Å²) in [5.41, 5.74) is 7.33. The van der Waals surface area contributed by atoms with E-state index in [1.54, 1.807) is 6.92 Å². The van der Waals surface area contributed by atoms with E-state index in [1.165, 1.54) is 31.2 Å². The Morgan fingerprint density at radius 3 is 2.62 bits per heavy atom. The molecule has 0 aliphatic heterocycles. The van der Waals surface area contributed by atoms with Gasteiger partial charge in [0, 0.05) is 6.20 Å². The van der Waals surface area contributed by atoms with Crippen molar-refractivity contribution in [3.63, 3.8) is 0 Å². The number of carbonyl (C=O) groups excluding carboxylic acids is 1. The number of carbonyl (C=O) groups is 1. The molecule has 0 spiro atoms. The van der Waals surface area contributed by atoms with Gasteiger partial charge in [-0.3, -0.25) is 9.78 Å². The number of rotatable bonds is 3. The number of primary amides is 1. The lowest BCUT2D eigenvalue weighted by molar-refractivity contribution is -0.119. The zero-order valence-electron chi connectivity index (χ0n) is 9.65. The van der Waals surface area contributed by atoms with Crippen molar-refractivity contribution in [2.45, 2.75) is 44.4 Å². The molecule has 1 heterocycles. The summed E-state index contributed by atoms with van der Waals surface area (Å²) < 4.78 is 0. The molecule has 1 atom stereocenters. The SMILES string of the molecule is CC(C(N)=O)c1ccc(C2CCCC2)cn1. The highest BCUT2D eigenvalue weighted by molar-refractivity contribution is 5.80. The van der Waals surface area contributed by atoms with Crippen molar-refractivity contribution in [2.75, 3.05) is 0 Å². The van der Waals surface area contributed by atoms with E-state index in [0.29, 0.717) is 5.92 Å². The van der Waals surface area contributed by atoms with Gasteiger partial charge in [0.15, 0.2) is 0 Å². The van der Waals surface area contributed by atoms with Gasteiger partial charge < -0.3 is 5.73 Å². The molecule has 0 saturated heterocycles. The summed E-state index contributed by atoms with van der Waals surface area (Å²) in [7, 11) is 0. The Morgan fingerprint density at radius 2 is 2.12 bits per heavy atom. The molecule has 1 aromatic heterocycles. The molecule has 1 aliphatic carbocycles. The molecule has 2 N–H and O–H groups in total. The molecule has 3 nitrogen and oxygen atoms in total. The predicted molar refractivity (Wildman–Crippen MR) is 63.1 cm³/mol. The first-order valence-corrected chi connectivity index (χ1v) is 5.93. The van der Waals surface area contributed by atoms with E-state index in [4.69, 9.17) is 5.73 Å². The number of hydrogen-bond donors (Lipinski definition) is 1. The monoisotopic (exact) mass is 218 g/mol. The highest BCUT2D eigenvalue weighted by atomic mass is 16.1. The van der Waals surface area contributed by atoms with Gasteiger partial charge in [0.05, 0.1) is 11.6 Å². The Kier molecular flexibility index (Phi) is 3.22. The Balaban J connectivity index is 2.12. The zero-order chi connectivity index (χ0) is 11.5. The molecule has 16 heavy (non-hydrogen) atoms. The lowest BCUT2D eigenvalue weighted by Crippen LogP contribution is -2.19. The van der Waals surface area contributed by atoms with Crippen molar-refractivity contribution in [2.24, 2.45) is 5.73 Å². The zero-order valence-corrected chi connectivity index (χ0v) is 9.65. The van der Waals surface area contributed by atoms with Gasteiger partial charge in [-0.15, -0.1) is 0 Å². The van der Waals surface area contributed by atoms with Crippen LogP contribution in [0.15, 0.2) is 18.3 Å². The van der Waals surface area contributed by atoms with Crippen molar-refractivity contribution in [1.82, 2.24) is 4.98 Å². The minimum atomic E-state index is -0.318. The summed E-state index contributed by atoms with van der Waals surface area (Å²) in [6.45, 7) is 1.79. The van der Waals surface area contributed by atoms with E-state index in [0.717, 1.165) is 5.69 Å². The number of hydrogen-bond acceptors (Lipinski definition) is 2. The van der Waals surface area contributed by atoms with E-state index >= 15 is 0 Å². The Morgan fingerprint density at radius 1 is 1.44 bits per heavy atom. The summed E-state index contributed by atoms with van der Waals surface area (Å²) >= 11 is 0. The van der Waals surface area contributed by atoms with E-state index < -0.39 is 0 Å². The van der Waals surface area contributed by atoms with Gasteiger partial charge in [-0.05, 0) is 37.3 Å². The predicted octanol–water partition coefficient (Wildman–Crippen LogP) is 2.33. The second kappa shape index (κ2) is 4.64. The number of aromatic nitrogens is 1. The first-order chi connectivity index (χ1) is 7.68. The third kappa shape index (κ3) is 2.23. The van der Waals surface area contributed by atoms with Crippen molar-refractivity contribution in [1.29, 1.82) is 0 Å². The number of pyridine rings is 1. The fraction of sp³-hybridized carbons (Fsp3) is 0.538. The van der Waals surface area contributed by atoms with Crippen LogP contribution in [0.3, 0.4) is 0 Å². The molecule has 1 saturated carbocycles. The highest BCUT2D eigenvalue weighted by Gasteiger charge is 2.18. The largest absolute Gasteiger partial charge is 0.369 e. The molecule has 0 aromatic carbocycles. The summed E-state index contributed by atoms with van der Waals surface area (Å²) in [5, 5.41) is 0. The first kappa shape index (κ1) is 11.1. The Labute approximate surface area is 96.1 Å². The third-order valence-electron chi connectivity index (χ3n) is 3.51. The molecule has 1 fully saturated rings. The molecular weight excluding hydrogens is 200 g/mol. The van der Waals surface area contributed by atoms with Crippen LogP contribution in [0.5, 0.6) is 0 Å². The van der Waals surface area contributed by atoms with Crippen LogP contribution in [0, 0.1) is 0 Å². The number of nitrogens with zero attached hydrogens (tertiary/aromatic N) is 1. The van der Waals surface area contributed by atoms with Crippen molar-refractivity contribution in [3.05, 3.63) is 29.6 Å². The van der Waals surface area contributed by atoms with Crippen LogP contribution in [-0.2, 0) is 4.79 Å². The van der Waals surface area contributed by atoms with Crippen LogP contribution in [0.25, 0.3) is 0 Å². The topological polar surface area (TPSA) is 56.0 Å². The average Bonchev–Trinajstić information content (AvgIpc) is 2.81. The van der Waals surface area contributed by atoms with Gasteiger partial charge >= 0.3 is 0 Å². The van der Waals surface area contributed by atoms with E-state index in [9.17, 15) is 4.79 Å².